The number of halogens is 3. The van der Waals surface area contributed by atoms with Gasteiger partial charge in [0.15, 0.2) is 5.96 Å². The Labute approximate surface area is 120 Å². The SMILES string of the molecule is CCNC(=NCC(F)F)N(C)Cc1cc(Br)cn1C. The molecule has 0 fully saturated rings. The van der Waals surface area contributed by atoms with E-state index < -0.39 is 13.0 Å². The van der Waals surface area contributed by atoms with Crippen LogP contribution in [-0.2, 0) is 13.6 Å². The molecule has 0 aliphatic heterocycles. The molecule has 4 nitrogen and oxygen atoms in total. The molecule has 0 aliphatic carbocycles. The molecule has 19 heavy (non-hydrogen) atoms. The number of nitrogens with one attached hydrogen (secondary N) is 1. The Balaban J connectivity index is 2.74. The Hall–Kier alpha value is -1.11. The van der Waals surface area contributed by atoms with Gasteiger partial charge < -0.3 is 14.8 Å². The van der Waals surface area contributed by atoms with Gasteiger partial charge in [0.1, 0.15) is 6.54 Å². The molecule has 108 valence electrons. The molecular weight excluding hydrogens is 318 g/mol. The zero-order chi connectivity index (χ0) is 14.4. The van der Waals surface area contributed by atoms with Crippen molar-refractivity contribution in [2.45, 2.75) is 19.9 Å². The highest BCUT2D eigenvalue weighted by atomic mass is 79.9. The molecule has 0 aromatic carbocycles. The van der Waals surface area contributed by atoms with E-state index in [1.54, 1.807) is 0 Å². The number of hydrogen-bond acceptors (Lipinski definition) is 1. The highest BCUT2D eigenvalue weighted by Crippen LogP contribution is 2.15. The molecule has 1 heterocycles. The molecule has 0 aliphatic rings. The van der Waals surface area contributed by atoms with Crippen molar-refractivity contribution in [3.05, 3.63) is 22.4 Å². The third-order valence-corrected chi connectivity index (χ3v) is 2.98. The molecule has 0 unspecified atom stereocenters. The Bertz CT molecular complexity index is 431. The van der Waals surface area contributed by atoms with Gasteiger partial charge >= 0.3 is 0 Å². The van der Waals surface area contributed by atoms with Crippen molar-refractivity contribution in [3.63, 3.8) is 0 Å². The van der Waals surface area contributed by atoms with E-state index in [0.29, 0.717) is 19.0 Å². The molecule has 1 rings (SSSR count). The summed E-state index contributed by atoms with van der Waals surface area (Å²) in [5.41, 5.74) is 1.07. The third kappa shape index (κ3) is 5.18. The van der Waals surface area contributed by atoms with Crippen molar-refractivity contribution in [1.82, 2.24) is 14.8 Å². The van der Waals surface area contributed by atoms with E-state index in [0.717, 1.165) is 10.2 Å². The van der Waals surface area contributed by atoms with Gasteiger partial charge in [-0.15, -0.1) is 0 Å². The number of rotatable bonds is 5. The lowest BCUT2D eigenvalue weighted by molar-refractivity contribution is 0.158. The van der Waals surface area contributed by atoms with E-state index in [2.05, 4.69) is 26.2 Å². The van der Waals surface area contributed by atoms with Crippen molar-refractivity contribution < 1.29 is 8.78 Å². The Morgan fingerprint density at radius 3 is 2.74 bits per heavy atom. The Morgan fingerprint density at radius 2 is 2.26 bits per heavy atom. The summed E-state index contributed by atoms with van der Waals surface area (Å²) in [6, 6.07) is 1.99. The van der Waals surface area contributed by atoms with Crippen LogP contribution in [0.4, 0.5) is 8.78 Å². The summed E-state index contributed by atoms with van der Waals surface area (Å²) >= 11 is 3.41. The second-order valence-corrected chi connectivity index (χ2v) is 5.12. The molecule has 1 N–H and O–H groups in total. The number of guanidine groups is 1. The monoisotopic (exact) mass is 336 g/mol. The zero-order valence-electron chi connectivity index (χ0n) is 11.3. The Morgan fingerprint density at radius 1 is 1.58 bits per heavy atom. The van der Waals surface area contributed by atoms with E-state index in [-0.39, 0.29) is 0 Å². The predicted molar refractivity (Wildman–Crippen MR) is 76.6 cm³/mol. The van der Waals surface area contributed by atoms with E-state index >= 15 is 0 Å². The second kappa shape index (κ2) is 7.47. The quantitative estimate of drug-likeness (QED) is 0.661. The van der Waals surface area contributed by atoms with Crippen molar-refractivity contribution in [2.24, 2.45) is 12.0 Å². The van der Waals surface area contributed by atoms with Crippen LogP contribution < -0.4 is 5.32 Å². The van der Waals surface area contributed by atoms with Crippen LogP contribution in [0.3, 0.4) is 0 Å². The first-order valence-corrected chi connectivity index (χ1v) is 6.81. The maximum Gasteiger partial charge on any atom is 0.257 e. The summed E-state index contributed by atoms with van der Waals surface area (Å²) < 4.78 is 27.4. The van der Waals surface area contributed by atoms with E-state index in [1.807, 2.05) is 42.7 Å². The number of aromatic nitrogens is 1. The molecule has 0 bridgehead atoms. The molecule has 0 saturated heterocycles. The number of hydrogen-bond donors (Lipinski definition) is 1. The smallest absolute Gasteiger partial charge is 0.257 e. The number of aliphatic imine (C=N–C) groups is 1. The zero-order valence-corrected chi connectivity index (χ0v) is 12.9. The van der Waals surface area contributed by atoms with Crippen LogP contribution in [0.1, 0.15) is 12.6 Å². The fourth-order valence-corrected chi connectivity index (χ4v) is 2.24. The van der Waals surface area contributed by atoms with Gasteiger partial charge in [0, 0.05) is 37.0 Å². The van der Waals surface area contributed by atoms with Gasteiger partial charge in [0.25, 0.3) is 6.43 Å². The van der Waals surface area contributed by atoms with Crippen molar-refractivity contribution in [1.29, 1.82) is 0 Å². The maximum absolute atomic E-state index is 12.2. The van der Waals surface area contributed by atoms with E-state index in [9.17, 15) is 8.78 Å². The van der Waals surface area contributed by atoms with Gasteiger partial charge in [0.05, 0.1) is 6.54 Å². The van der Waals surface area contributed by atoms with Gasteiger partial charge in [-0.1, -0.05) is 0 Å². The molecule has 0 atom stereocenters. The largest absolute Gasteiger partial charge is 0.357 e. The highest BCUT2D eigenvalue weighted by molar-refractivity contribution is 9.10. The van der Waals surface area contributed by atoms with Crippen molar-refractivity contribution >= 4 is 21.9 Å². The first-order chi connectivity index (χ1) is 8.93. The van der Waals surface area contributed by atoms with E-state index in [4.69, 9.17) is 0 Å². The van der Waals surface area contributed by atoms with Gasteiger partial charge in [-0.05, 0) is 28.9 Å². The first kappa shape index (κ1) is 15.9. The lowest BCUT2D eigenvalue weighted by atomic mass is 10.4. The predicted octanol–water partition coefficient (Wildman–Crippen LogP) is 2.45. The van der Waals surface area contributed by atoms with Gasteiger partial charge in [0.2, 0.25) is 0 Å². The summed E-state index contributed by atoms with van der Waals surface area (Å²) in [5.74, 6) is 0.486. The standard InChI is InChI=1S/C12H19BrF2N4/c1-4-16-12(17-6-11(14)15)19(3)8-10-5-9(13)7-18(10)2/h5,7,11H,4,6,8H2,1-3H3,(H,16,17). The summed E-state index contributed by atoms with van der Waals surface area (Å²) in [5, 5.41) is 3.01. The molecule has 1 aromatic rings. The fourth-order valence-electron chi connectivity index (χ4n) is 1.67. The van der Waals surface area contributed by atoms with Crippen LogP contribution >= 0.6 is 15.9 Å². The average Bonchev–Trinajstić information content (AvgIpc) is 2.62. The molecule has 0 radical (unpaired) electrons. The van der Waals surface area contributed by atoms with Crippen molar-refractivity contribution in [3.8, 4) is 0 Å². The molecule has 7 heteroatoms. The van der Waals surface area contributed by atoms with Crippen LogP contribution in [-0.4, -0.2) is 42.0 Å². The summed E-state index contributed by atoms with van der Waals surface area (Å²) in [6.07, 6.45) is -0.474. The Kier molecular flexibility index (Phi) is 6.27. The maximum atomic E-state index is 12.2. The number of aryl methyl sites for hydroxylation is 1. The minimum Gasteiger partial charge on any atom is -0.357 e. The van der Waals surface area contributed by atoms with Gasteiger partial charge in [-0.25, -0.2) is 13.8 Å². The summed E-state index contributed by atoms with van der Waals surface area (Å²) in [7, 11) is 3.77. The topological polar surface area (TPSA) is 32.6 Å². The second-order valence-electron chi connectivity index (χ2n) is 4.20. The minimum absolute atomic E-state index is 0.483. The molecular formula is C12H19BrF2N4. The van der Waals surface area contributed by atoms with Crippen LogP contribution in [0.2, 0.25) is 0 Å². The van der Waals surface area contributed by atoms with Crippen LogP contribution in [0, 0.1) is 0 Å². The average molecular weight is 337 g/mol. The van der Waals surface area contributed by atoms with Crippen molar-refractivity contribution in [2.75, 3.05) is 20.1 Å². The summed E-state index contributed by atoms with van der Waals surface area (Å²) in [4.78, 5) is 5.73. The number of nitrogens with zero attached hydrogens (tertiary/aromatic N) is 3. The fraction of sp³-hybridized carbons (Fsp3) is 0.583. The third-order valence-electron chi connectivity index (χ3n) is 2.55. The minimum atomic E-state index is -2.42. The van der Waals surface area contributed by atoms with E-state index in [1.165, 1.54) is 0 Å². The molecule has 0 spiro atoms. The lowest BCUT2D eigenvalue weighted by Gasteiger charge is -2.22. The number of alkyl halides is 2. The highest BCUT2D eigenvalue weighted by Gasteiger charge is 2.10. The van der Waals surface area contributed by atoms with Gasteiger partial charge in [-0.2, -0.15) is 0 Å². The summed E-state index contributed by atoms with van der Waals surface area (Å²) in [6.45, 7) is 2.66. The van der Waals surface area contributed by atoms with Crippen LogP contribution in [0.15, 0.2) is 21.7 Å². The lowest BCUT2D eigenvalue weighted by Crippen LogP contribution is -2.39. The molecule has 1 aromatic heterocycles. The van der Waals surface area contributed by atoms with Crippen LogP contribution in [0.5, 0.6) is 0 Å². The normalized spacial score (nSPS) is 12.1. The molecule has 0 amide bonds. The van der Waals surface area contributed by atoms with Crippen LogP contribution in [0.25, 0.3) is 0 Å². The first-order valence-electron chi connectivity index (χ1n) is 6.02. The van der Waals surface area contributed by atoms with Gasteiger partial charge in [-0.3, -0.25) is 0 Å². The molecule has 0 saturated carbocycles.